The number of thioether (sulfide) groups is 1. The maximum atomic E-state index is 12.9. The minimum Gasteiger partial charge on any atom is -0.347 e. The van der Waals surface area contributed by atoms with Crippen LogP contribution in [0.1, 0.15) is 38.5 Å². The quantitative estimate of drug-likeness (QED) is 0.653. The Labute approximate surface area is 172 Å². The summed E-state index contributed by atoms with van der Waals surface area (Å²) in [7, 11) is 0. The second-order valence-corrected chi connectivity index (χ2v) is 9.85. The molecule has 29 heavy (non-hydrogen) atoms. The maximum absolute atomic E-state index is 12.9. The molecule has 8 heteroatoms. The molecule has 158 valence electrons. The van der Waals surface area contributed by atoms with Crippen molar-refractivity contribution in [1.82, 2.24) is 5.32 Å². The molecule has 4 saturated carbocycles. The molecule has 0 aliphatic heterocycles. The zero-order valence-electron chi connectivity index (χ0n) is 16.1. The number of halogens is 3. The SMILES string of the molecule is O=C(CNC(=O)C12CC3CC(CC(C3)C1)C2)Nc1ccccc1SCC(F)(F)F. The van der Waals surface area contributed by atoms with Gasteiger partial charge in [-0.2, -0.15) is 13.2 Å². The minimum absolute atomic E-state index is 0.0357. The molecule has 0 saturated heterocycles. The average molecular weight is 427 g/mol. The van der Waals surface area contributed by atoms with E-state index in [-0.39, 0.29) is 17.9 Å². The van der Waals surface area contributed by atoms with Crippen LogP contribution in [0.2, 0.25) is 0 Å². The Kier molecular flexibility index (Phi) is 5.57. The van der Waals surface area contributed by atoms with E-state index in [1.807, 2.05) is 0 Å². The second kappa shape index (κ2) is 7.85. The molecule has 1 aromatic carbocycles. The lowest BCUT2D eigenvalue weighted by Crippen LogP contribution is -2.54. The molecular weight excluding hydrogens is 401 g/mol. The van der Waals surface area contributed by atoms with Gasteiger partial charge in [-0.25, -0.2) is 0 Å². The highest BCUT2D eigenvalue weighted by Gasteiger charge is 2.54. The number of alkyl halides is 3. The van der Waals surface area contributed by atoms with Crippen molar-refractivity contribution in [2.75, 3.05) is 17.6 Å². The molecular formula is C21H25F3N2O2S. The van der Waals surface area contributed by atoms with Gasteiger partial charge in [0.1, 0.15) is 0 Å². The van der Waals surface area contributed by atoms with Gasteiger partial charge in [0.15, 0.2) is 0 Å². The number of nitrogens with one attached hydrogen (secondary N) is 2. The molecule has 4 nitrogen and oxygen atoms in total. The summed E-state index contributed by atoms with van der Waals surface area (Å²) in [6, 6.07) is 6.39. The van der Waals surface area contributed by atoms with Crippen molar-refractivity contribution in [3.8, 4) is 0 Å². The number of carbonyl (C=O) groups is 2. The summed E-state index contributed by atoms with van der Waals surface area (Å²) in [5.74, 6) is 0.424. The van der Waals surface area contributed by atoms with Gasteiger partial charge in [0, 0.05) is 10.3 Å². The first-order valence-electron chi connectivity index (χ1n) is 10.1. The largest absolute Gasteiger partial charge is 0.398 e. The highest BCUT2D eigenvalue weighted by Crippen LogP contribution is 2.60. The zero-order chi connectivity index (χ0) is 20.6. The van der Waals surface area contributed by atoms with E-state index in [4.69, 9.17) is 0 Å². The van der Waals surface area contributed by atoms with E-state index in [0.717, 1.165) is 19.3 Å². The molecule has 0 spiro atoms. The standard InChI is InChI=1S/C21H25F3N2O2S/c22-21(23,24)12-29-17-4-2-1-3-16(17)26-18(27)11-25-19(28)20-8-13-5-14(9-20)7-15(6-13)10-20/h1-4,13-15H,5-12H2,(H,25,28)(H,26,27). The summed E-state index contributed by atoms with van der Waals surface area (Å²) >= 11 is 0.632. The van der Waals surface area contributed by atoms with Crippen LogP contribution in [-0.4, -0.2) is 30.3 Å². The highest BCUT2D eigenvalue weighted by atomic mass is 32.2. The number of rotatable bonds is 6. The van der Waals surface area contributed by atoms with E-state index < -0.39 is 17.8 Å². The van der Waals surface area contributed by atoms with Crippen LogP contribution in [0, 0.1) is 23.2 Å². The summed E-state index contributed by atoms with van der Waals surface area (Å²) in [5.41, 5.74) is 0.00554. The minimum atomic E-state index is -4.28. The summed E-state index contributed by atoms with van der Waals surface area (Å²) < 4.78 is 37.5. The van der Waals surface area contributed by atoms with Crippen molar-refractivity contribution in [3.05, 3.63) is 24.3 Å². The van der Waals surface area contributed by atoms with Crippen molar-refractivity contribution in [2.45, 2.75) is 49.6 Å². The molecule has 4 bridgehead atoms. The first kappa shape index (κ1) is 20.6. The molecule has 2 amide bonds. The van der Waals surface area contributed by atoms with Crippen LogP contribution in [0.4, 0.5) is 18.9 Å². The highest BCUT2D eigenvalue weighted by molar-refractivity contribution is 7.99. The first-order chi connectivity index (χ1) is 13.7. The molecule has 1 aromatic rings. The number of benzene rings is 1. The molecule has 4 fully saturated rings. The molecule has 0 unspecified atom stereocenters. The van der Waals surface area contributed by atoms with Crippen molar-refractivity contribution >= 4 is 29.3 Å². The Morgan fingerprint density at radius 1 is 1.03 bits per heavy atom. The molecule has 4 aliphatic rings. The summed E-state index contributed by atoms with van der Waals surface area (Å²) in [6.07, 6.45) is 2.18. The summed E-state index contributed by atoms with van der Waals surface area (Å²) in [5, 5.41) is 5.43. The molecule has 0 heterocycles. The Morgan fingerprint density at radius 3 is 2.21 bits per heavy atom. The predicted molar refractivity (Wildman–Crippen MR) is 105 cm³/mol. The fourth-order valence-electron chi connectivity index (χ4n) is 5.79. The number of hydrogen-bond acceptors (Lipinski definition) is 3. The summed E-state index contributed by atoms with van der Waals surface area (Å²) in [6.45, 7) is -0.168. The predicted octanol–water partition coefficient (Wildman–Crippen LogP) is 4.61. The Bertz CT molecular complexity index is 761. The number of carbonyl (C=O) groups excluding carboxylic acids is 2. The van der Waals surface area contributed by atoms with Gasteiger partial charge in [-0.05, 0) is 68.4 Å². The van der Waals surface area contributed by atoms with Crippen LogP contribution in [0.3, 0.4) is 0 Å². The Morgan fingerprint density at radius 2 is 1.62 bits per heavy atom. The maximum Gasteiger partial charge on any atom is 0.398 e. The molecule has 5 rings (SSSR count). The molecule has 0 aromatic heterocycles. The van der Waals surface area contributed by atoms with Crippen LogP contribution >= 0.6 is 11.8 Å². The van der Waals surface area contributed by atoms with Gasteiger partial charge < -0.3 is 10.6 Å². The van der Waals surface area contributed by atoms with Gasteiger partial charge in [-0.3, -0.25) is 9.59 Å². The van der Waals surface area contributed by atoms with Crippen LogP contribution in [-0.2, 0) is 9.59 Å². The number of anilines is 1. The van der Waals surface area contributed by atoms with Gasteiger partial charge in [0.05, 0.1) is 18.0 Å². The topological polar surface area (TPSA) is 58.2 Å². The smallest absolute Gasteiger partial charge is 0.347 e. The summed E-state index contributed by atoms with van der Waals surface area (Å²) in [4.78, 5) is 25.6. The Balaban J connectivity index is 1.32. The van der Waals surface area contributed by atoms with Crippen LogP contribution in [0.15, 0.2) is 29.2 Å². The first-order valence-corrected chi connectivity index (χ1v) is 11.1. The van der Waals surface area contributed by atoms with E-state index in [1.165, 1.54) is 19.3 Å². The van der Waals surface area contributed by atoms with Crippen molar-refractivity contribution in [3.63, 3.8) is 0 Å². The van der Waals surface area contributed by atoms with Crippen molar-refractivity contribution < 1.29 is 22.8 Å². The fourth-order valence-corrected chi connectivity index (χ4v) is 6.56. The van der Waals surface area contributed by atoms with E-state index in [0.29, 0.717) is 40.1 Å². The van der Waals surface area contributed by atoms with Gasteiger partial charge >= 0.3 is 6.18 Å². The molecule has 2 N–H and O–H groups in total. The lowest BCUT2D eigenvalue weighted by atomic mass is 9.49. The monoisotopic (exact) mass is 426 g/mol. The van der Waals surface area contributed by atoms with Crippen LogP contribution in [0.25, 0.3) is 0 Å². The zero-order valence-corrected chi connectivity index (χ0v) is 16.9. The molecule has 0 atom stereocenters. The Hall–Kier alpha value is -1.70. The number of para-hydroxylation sites is 1. The van der Waals surface area contributed by atoms with Crippen LogP contribution < -0.4 is 10.6 Å². The van der Waals surface area contributed by atoms with Crippen LogP contribution in [0.5, 0.6) is 0 Å². The third-order valence-corrected chi connectivity index (χ3v) is 7.62. The lowest BCUT2D eigenvalue weighted by Gasteiger charge is -2.55. The molecule has 0 radical (unpaired) electrons. The van der Waals surface area contributed by atoms with E-state index >= 15 is 0 Å². The average Bonchev–Trinajstić information content (AvgIpc) is 2.63. The fraction of sp³-hybridized carbons (Fsp3) is 0.619. The van der Waals surface area contributed by atoms with E-state index in [9.17, 15) is 22.8 Å². The van der Waals surface area contributed by atoms with Crippen molar-refractivity contribution in [2.24, 2.45) is 23.2 Å². The van der Waals surface area contributed by atoms with Crippen molar-refractivity contribution in [1.29, 1.82) is 0 Å². The van der Waals surface area contributed by atoms with Gasteiger partial charge in [-0.1, -0.05) is 12.1 Å². The van der Waals surface area contributed by atoms with Gasteiger partial charge in [-0.15, -0.1) is 11.8 Å². The third-order valence-electron chi connectivity index (χ3n) is 6.48. The normalized spacial score (nSPS) is 30.2. The number of hydrogen-bond donors (Lipinski definition) is 2. The van der Waals surface area contributed by atoms with Gasteiger partial charge in [0.2, 0.25) is 11.8 Å². The third kappa shape index (κ3) is 4.73. The number of amides is 2. The van der Waals surface area contributed by atoms with E-state index in [1.54, 1.807) is 24.3 Å². The van der Waals surface area contributed by atoms with E-state index in [2.05, 4.69) is 10.6 Å². The molecule has 4 aliphatic carbocycles. The lowest BCUT2D eigenvalue weighted by molar-refractivity contribution is -0.146. The van der Waals surface area contributed by atoms with Gasteiger partial charge in [0.25, 0.3) is 0 Å². The second-order valence-electron chi connectivity index (χ2n) is 8.83.